The quantitative estimate of drug-likeness (QED) is 0.809. The Morgan fingerprint density at radius 1 is 1.21 bits per heavy atom. The maximum atomic E-state index is 12.7. The molecule has 1 heterocycles. The van der Waals surface area contributed by atoms with Crippen LogP contribution in [-0.2, 0) is 14.8 Å². The first-order valence-corrected chi connectivity index (χ1v) is 10.9. The zero-order valence-electron chi connectivity index (χ0n) is 15.8. The second kappa shape index (κ2) is 7.56. The van der Waals surface area contributed by atoms with E-state index in [0.29, 0.717) is 5.69 Å². The molecule has 0 aliphatic carbocycles. The first kappa shape index (κ1) is 20.4. The third kappa shape index (κ3) is 3.77. The topological polar surface area (TPSA) is 83.6 Å². The minimum absolute atomic E-state index is 0.0691. The van der Waals surface area contributed by atoms with Gasteiger partial charge in [0.05, 0.1) is 27.9 Å². The fraction of sp³-hybridized carbons (Fsp3) is 0.300. The van der Waals surface area contributed by atoms with Crippen LogP contribution < -0.4 is 9.62 Å². The van der Waals surface area contributed by atoms with Crippen LogP contribution in [0.15, 0.2) is 42.5 Å². The van der Waals surface area contributed by atoms with Gasteiger partial charge in [-0.05, 0) is 35.7 Å². The number of nitrogens with zero attached hydrogens (tertiary/aromatic N) is 1. The van der Waals surface area contributed by atoms with E-state index in [1.54, 1.807) is 6.92 Å². The lowest BCUT2D eigenvalue weighted by atomic mass is 10.0. The molecule has 8 heteroatoms. The molecule has 1 fully saturated rings. The molecule has 1 N–H and O–H groups in total. The van der Waals surface area contributed by atoms with Crippen molar-refractivity contribution in [2.75, 3.05) is 15.4 Å². The molecule has 0 radical (unpaired) electrons. The molecule has 148 valence electrons. The average Bonchev–Trinajstić information content (AvgIpc) is 2.82. The van der Waals surface area contributed by atoms with Gasteiger partial charge < -0.3 is 5.32 Å². The molecule has 0 unspecified atom stereocenters. The largest absolute Gasteiger partial charge is 0.322 e. The Hall–Kier alpha value is -2.38. The molecule has 0 aromatic heterocycles. The first-order chi connectivity index (χ1) is 13.1. The number of halogens is 1. The summed E-state index contributed by atoms with van der Waals surface area (Å²) in [6, 6.07) is 11.7. The van der Waals surface area contributed by atoms with E-state index in [2.05, 4.69) is 5.32 Å². The van der Waals surface area contributed by atoms with Gasteiger partial charge in [0.25, 0.3) is 5.91 Å². The standard InChI is InChI=1S/C20H21ClN2O4S/c1-12(2)15-6-4-5-7-18(15)22-19(24)16-9-8-14(10-17(16)21)23-20(25)13(3)11-28(23,26)27/h4-10,12-13H,11H2,1-3H3,(H,22,24)/t13-/m0/s1. The highest BCUT2D eigenvalue weighted by molar-refractivity contribution is 7.94. The lowest BCUT2D eigenvalue weighted by molar-refractivity contribution is -0.119. The van der Waals surface area contributed by atoms with Gasteiger partial charge in [-0.25, -0.2) is 12.7 Å². The van der Waals surface area contributed by atoms with Crippen molar-refractivity contribution in [3.05, 3.63) is 58.6 Å². The number of hydrogen-bond acceptors (Lipinski definition) is 4. The molecule has 0 spiro atoms. The van der Waals surface area contributed by atoms with E-state index in [9.17, 15) is 18.0 Å². The Labute approximate surface area is 169 Å². The van der Waals surface area contributed by atoms with Gasteiger partial charge in [0.15, 0.2) is 0 Å². The number of sulfonamides is 1. The molecule has 3 rings (SSSR count). The molecule has 1 atom stereocenters. The van der Waals surface area contributed by atoms with Crippen LogP contribution in [0.5, 0.6) is 0 Å². The second-order valence-electron chi connectivity index (χ2n) is 7.14. The van der Waals surface area contributed by atoms with Crippen LogP contribution in [0.1, 0.15) is 42.6 Å². The maximum absolute atomic E-state index is 12.7. The first-order valence-electron chi connectivity index (χ1n) is 8.88. The van der Waals surface area contributed by atoms with Gasteiger partial charge in [-0.15, -0.1) is 0 Å². The average molecular weight is 421 g/mol. The summed E-state index contributed by atoms with van der Waals surface area (Å²) in [5.41, 5.74) is 2.01. The number of anilines is 2. The predicted molar refractivity (Wildman–Crippen MR) is 110 cm³/mol. The number of nitrogens with one attached hydrogen (secondary N) is 1. The summed E-state index contributed by atoms with van der Waals surface area (Å²) in [6.45, 7) is 5.62. The number of carbonyl (C=O) groups is 2. The van der Waals surface area contributed by atoms with Crippen LogP contribution in [0.2, 0.25) is 5.02 Å². The van der Waals surface area contributed by atoms with Crippen LogP contribution in [0, 0.1) is 5.92 Å². The Morgan fingerprint density at radius 2 is 1.89 bits per heavy atom. The summed E-state index contributed by atoms with van der Waals surface area (Å²) in [5, 5.41) is 2.92. The number of carbonyl (C=O) groups excluding carboxylic acids is 2. The molecule has 6 nitrogen and oxygen atoms in total. The predicted octanol–water partition coefficient (Wildman–Crippen LogP) is 4.03. The van der Waals surface area contributed by atoms with Crippen molar-refractivity contribution in [3.63, 3.8) is 0 Å². The summed E-state index contributed by atoms with van der Waals surface area (Å²) in [4.78, 5) is 24.9. The highest BCUT2D eigenvalue weighted by atomic mass is 35.5. The minimum Gasteiger partial charge on any atom is -0.322 e. The van der Waals surface area contributed by atoms with E-state index >= 15 is 0 Å². The van der Waals surface area contributed by atoms with Crippen molar-refractivity contribution >= 4 is 44.8 Å². The molecule has 1 aliphatic rings. The Balaban J connectivity index is 1.89. The van der Waals surface area contributed by atoms with Gasteiger partial charge in [0, 0.05) is 5.69 Å². The van der Waals surface area contributed by atoms with Crippen LogP contribution in [0.4, 0.5) is 11.4 Å². The molecule has 0 bridgehead atoms. The summed E-state index contributed by atoms with van der Waals surface area (Å²) >= 11 is 6.25. The highest BCUT2D eigenvalue weighted by Crippen LogP contribution is 2.32. The Morgan fingerprint density at radius 3 is 2.46 bits per heavy atom. The van der Waals surface area contributed by atoms with E-state index < -0.39 is 27.8 Å². The number of benzene rings is 2. The number of para-hydroxylation sites is 1. The van der Waals surface area contributed by atoms with E-state index in [1.165, 1.54) is 18.2 Å². The lowest BCUT2D eigenvalue weighted by Crippen LogP contribution is -2.30. The zero-order chi connectivity index (χ0) is 20.6. The maximum Gasteiger partial charge on any atom is 0.257 e. The van der Waals surface area contributed by atoms with Crippen molar-refractivity contribution in [1.29, 1.82) is 0 Å². The fourth-order valence-corrected chi connectivity index (χ4v) is 5.28. The SMILES string of the molecule is CC(C)c1ccccc1NC(=O)c1ccc(N2C(=O)[C@@H](C)CS2(=O)=O)cc1Cl. The molecule has 0 saturated carbocycles. The molecular formula is C20H21ClN2O4S. The van der Waals surface area contributed by atoms with Gasteiger partial charge in [-0.1, -0.05) is 50.6 Å². The normalized spacial score (nSPS) is 18.5. The van der Waals surface area contributed by atoms with Gasteiger partial charge in [0.2, 0.25) is 15.9 Å². The second-order valence-corrected chi connectivity index (χ2v) is 9.41. The summed E-state index contributed by atoms with van der Waals surface area (Å²) in [7, 11) is -3.73. The van der Waals surface area contributed by atoms with Crippen LogP contribution in [-0.4, -0.2) is 26.0 Å². The molecular weight excluding hydrogens is 400 g/mol. The fourth-order valence-electron chi connectivity index (χ4n) is 3.21. The lowest BCUT2D eigenvalue weighted by Gasteiger charge is -2.17. The molecule has 2 aromatic carbocycles. The Kier molecular flexibility index (Phi) is 5.50. The van der Waals surface area contributed by atoms with Gasteiger partial charge in [0.1, 0.15) is 0 Å². The van der Waals surface area contributed by atoms with Crippen LogP contribution in [0.25, 0.3) is 0 Å². The van der Waals surface area contributed by atoms with Crippen LogP contribution >= 0.6 is 11.6 Å². The Bertz CT molecular complexity index is 1050. The molecule has 1 saturated heterocycles. The molecule has 28 heavy (non-hydrogen) atoms. The third-order valence-electron chi connectivity index (χ3n) is 4.62. The van der Waals surface area contributed by atoms with E-state index in [0.717, 1.165) is 9.87 Å². The third-order valence-corrected chi connectivity index (χ3v) is 6.80. The van der Waals surface area contributed by atoms with Gasteiger partial charge in [-0.3, -0.25) is 9.59 Å². The van der Waals surface area contributed by atoms with Crippen molar-refractivity contribution in [2.24, 2.45) is 5.92 Å². The van der Waals surface area contributed by atoms with Crippen molar-refractivity contribution in [2.45, 2.75) is 26.7 Å². The summed E-state index contributed by atoms with van der Waals surface area (Å²) in [5.74, 6) is -1.53. The van der Waals surface area contributed by atoms with Crippen molar-refractivity contribution < 1.29 is 18.0 Å². The summed E-state index contributed by atoms with van der Waals surface area (Å²) < 4.78 is 25.2. The van der Waals surface area contributed by atoms with Crippen molar-refractivity contribution in [3.8, 4) is 0 Å². The van der Waals surface area contributed by atoms with E-state index in [4.69, 9.17) is 11.6 Å². The molecule has 1 aliphatic heterocycles. The van der Waals surface area contributed by atoms with Crippen molar-refractivity contribution in [1.82, 2.24) is 0 Å². The highest BCUT2D eigenvalue weighted by Gasteiger charge is 2.42. The number of amides is 2. The van der Waals surface area contributed by atoms with Gasteiger partial charge in [-0.2, -0.15) is 0 Å². The van der Waals surface area contributed by atoms with Gasteiger partial charge >= 0.3 is 0 Å². The minimum atomic E-state index is -3.73. The van der Waals surface area contributed by atoms with E-state index in [1.807, 2.05) is 38.1 Å². The van der Waals surface area contributed by atoms with Crippen LogP contribution in [0.3, 0.4) is 0 Å². The molecule has 2 amide bonds. The summed E-state index contributed by atoms with van der Waals surface area (Å²) in [6.07, 6.45) is 0. The molecule has 2 aromatic rings. The van der Waals surface area contributed by atoms with E-state index in [-0.39, 0.29) is 27.9 Å². The zero-order valence-corrected chi connectivity index (χ0v) is 17.3. The monoisotopic (exact) mass is 420 g/mol. The number of hydrogen-bond donors (Lipinski definition) is 1. The smallest absolute Gasteiger partial charge is 0.257 e. The number of rotatable bonds is 4.